The summed E-state index contributed by atoms with van der Waals surface area (Å²) in [6.07, 6.45) is 4.39. The van der Waals surface area contributed by atoms with Crippen molar-refractivity contribution in [2.24, 2.45) is 22.7 Å². The highest BCUT2D eigenvalue weighted by Crippen LogP contribution is 2.69. The number of ketones is 1. The van der Waals surface area contributed by atoms with E-state index in [4.69, 9.17) is 4.74 Å². The van der Waals surface area contributed by atoms with E-state index < -0.39 is 34.6 Å². The predicted octanol–water partition coefficient (Wildman–Crippen LogP) is 2.29. The Balaban J connectivity index is 1.87. The molecule has 3 saturated carbocycles. The first-order chi connectivity index (χ1) is 13.4. The van der Waals surface area contributed by atoms with Crippen molar-refractivity contribution >= 4 is 11.8 Å². The van der Waals surface area contributed by atoms with Crippen LogP contribution in [0.3, 0.4) is 0 Å². The van der Waals surface area contributed by atoms with Gasteiger partial charge in [0, 0.05) is 24.2 Å². The summed E-state index contributed by atoms with van der Waals surface area (Å²) < 4.78 is 5.76. The van der Waals surface area contributed by atoms with Gasteiger partial charge in [0.25, 0.3) is 0 Å². The van der Waals surface area contributed by atoms with Crippen LogP contribution in [0.2, 0.25) is 0 Å². The zero-order valence-electron chi connectivity index (χ0n) is 17.9. The van der Waals surface area contributed by atoms with E-state index in [1.54, 1.807) is 0 Å². The van der Waals surface area contributed by atoms with Crippen molar-refractivity contribution < 1.29 is 29.6 Å². The third-order valence-corrected chi connectivity index (χ3v) is 9.23. The first-order valence-electron chi connectivity index (χ1n) is 10.9. The minimum absolute atomic E-state index is 0.0401. The van der Waals surface area contributed by atoms with Gasteiger partial charge < -0.3 is 20.1 Å². The van der Waals surface area contributed by atoms with Crippen LogP contribution in [0, 0.1) is 22.7 Å². The summed E-state index contributed by atoms with van der Waals surface area (Å²) in [7, 11) is 0. The minimum atomic E-state index is -1.53. The molecule has 3 N–H and O–H groups in total. The molecule has 0 bridgehead atoms. The molecule has 0 aromatic carbocycles. The molecule has 8 atom stereocenters. The lowest BCUT2D eigenvalue weighted by Crippen LogP contribution is -2.75. The van der Waals surface area contributed by atoms with Crippen LogP contribution < -0.4 is 0 Å². The Labute approximate surface area is 172 Å². The molecule has 4 rings (SSSR count). The van der Waals surface area contributed by atoms with Gasteiger partial charge in [-0.15, -0.1) is 0 Å². The topological polar surface area (TPSA) is 104 Å². The molecule has 0 aliphatic heterocycles. The predicted molar refractivity (Wildman–Crippen MR) is 106 cm³/mol. The van der Waals surface area contributed by atoms with Gasteiger partial charge in [-0.1, -0.05) is 25.5 Å². The van der Waals surface area contributed by atoms with Gasteiger partial charge in [-0.25, -0.2) is 0 Å². The van der Waals surface area contributed by atoms with Crippen LogP contribution in [-0.4, -0.2) is 50.5 Å². The van der Waals surface area contributed by atoms with Gasteiger partial charge in [0.05, 0.1) is 6.10 Å². The number of carbonyl (C=O) groups excluding carboxylic acids is 2. The van der Waals surface area contributed by atoms with Crippen LogP contribution >= 0.6 is 0 Å². The molecule has 4 aliphatic rings. The molecule has 8 unspecified atom stereocenters. The van der Waals surface area contributed by atoms with Crippen molar-refractivity contribution in [3.05, 3.63) is 11.6 Å². The lowest BCUT2D eigenvalue weighted by atomic mass is 9.43. The molecule has 0 aromatic heterocycles. The van der Waals surface area contributed by atoms with E-state index in [2.05, 4.69) is 6.92 Å². The van der Waals surface area contributed by atoms with Gasteiger partial charge in [0.15, 0.2) is 0 Å². The fourth-order valence-corrected chi connectivity index (χ4v) is 7.63. The average Bonchev–Trinajstić information content (AvgIpc) is 2.92. The smallest absolute Gasteiger partial charge is 0.302 e. The average molecular weight is 407 g/mol. The summed E-state index contributed by atoms with van der Waals surface area (Å²) in [5.41, 5.74) is -3.22. The summed E-state index contributed by atoms with van der Waals surface area (Å²) >= 11 is 0. The third kappa shape index (κ3) is 2.52. The number of fused-ring (bicyclic) bond motifs is 5. The van der Waals surface area contributed by atoms with Crippen molar-refractivity contribution in [3.63, 3.8) is 0 Å². The van der Waals surface area contributed by atoms with Gasteiger partial charge in [0.2, 0.25) is 0 Å². The second kappa shape index (κ2) is 6.38. The van der Waals surface area contributed by atoms with Crippen LogP contribution in [0.5, 0.6) is 0 Å². The third-order valence-electron chi connectivity index (χ3n) is 9.23. The molecule has 162 valence electrons. The summed E-state index contributed by atoms with van der Waals surface area (Å²) in [5.74, 6) is -1.25. The molecule has 0 radical (unpaired) electrons. The normalized spacial score (nSPS) is 51.3. The van der Waals surface area contributed by atoms with E-state index in [0.717, 1.165) is 5.57 Å². The largest absolute Gasteiger partial charge is 0.462 e. The summed E-state index contributed by atoms with van der Waals surface area (Å²) in [5, 5.41) is 34.4. The van der Waals surface area contributed by atoms with Crippen LogP contribution in [-0.2, 0) is 14.3 Å². The maximum Gasteiger partial charge on any atom is 0.302 e. The Morgan fingerprint density at radius 1 is 1.14 bits per heavy atom. The van der Waals surface area contributed by atoms with Crippen LogP contribution in [0.25, 0.3) is 0 Å². The van der Waals surface area contributed by atoms with Crippen LogP contribution in [0.4, 0.5) is 0 Å². The molecule has 0 saturated heterocycles. The van der Waals surface area contributed by atoms with Crippen molar-refractivity contribution in [2.75, 3.05) is 0 Å². The minimum Gasteiger partial charge on any atom is -0.462 e. The summed E-state index contributed by atoms with van der Waals surface area (Å²) in [6.45, 7) is 6.80. The van der Waals surface area contributed by atoms with Gasteiger partial charge in [-0.2, -0.15) is 0 Å². The maximum atomic E-state index is 12.5. The highest BCUT2D eigenvalue weighted by molar-refractivity contribution is 5.80. The fraction of sp³-hybridized carbons (Fsp3) is 0.826. The quantitative estimate of drug-likeness (QED) is 0.480. The molecule has 29 heavy (non-hydrogen) atoms. The van der Waals surface area contributed by atoms with Crippen LogP contribution in [0.15, 0.2) is 11.6 Å². The zero-order chi connectivity index (χ0) is 21.4. The number of ether oxygens (including phenoxy) is 1. The second-order valence-electron chi connectivity index (χ2n) is 10.4. The number of carbonyl (C=O) groups is 2. The van der Waals surface area contributed by atoms with E-state index in [-0.39, 0.29) is 23.2 Å². The number of rotatable bonds is 2. The van der Waals surface area contributed by atoms with Crippen LogP contribution in [0.1, 0.15) is 72.6 Å². The van der Waals surface area contributed by atoms with E-state index in [1.807, 2.05) is 13.0 Å². The second-order valence-corrected chi connectivity index (χ2v) is 10.4. The van der Waals surface area contributed by atoms with Crippen molar-refractivity contribution in [1.29, 1.82) is 0 Å². The van der Waals surface area contributed by atoms with Gasteiger partial charge in [-0.3, -0.25) is 9.59 Å². The molecule has 6 heteroatoms. The highest BCUT2D eigenvalue weighted by Gasteiger charge is 2.77. The molecular weight excluding hydrogens is 372 g/mol. The Kier molecular flexibility index (Phi) is 4.62. The van der Waals surface area contributed by atoms with Crippen molar-refractivity contribution in [3.8, 4) is 0 Å². The highest BCUT2D eigenvalue weighted by atomic mass is 16.5. The number of hydrogen-bond donors (Lipinski definition) is 3. The monoisotopic (exact) mass is 406 g/mol. The fourth-order valence-electron chi connectivity index (χ4n) is 7.63. The summed E-state index contributed by atoms with van der Waals surface area (Å²) in [4.78, 5) is 24.5. The first-order valence-corrected chi connectivity index (χ1v) is 10.9. The number of aliphatic hydroxyl groups excluding tert-OH is 1. The van der Waals surface area contributed by atoms with Crippen molar-refractivity contribution in [1.82, 2.24) is 0 Å². The number of esters is 1. The molecule has 0 spiro atoms. The zero-order valence-corrected chi connectivity index (χ0v) is 17.9. The van der Waals surface area contributed by atoms with Crippen molar-refractivity contribution in [2.45, 2.75) is 96.1 Å². The number of Topliss-reactive ketones (excluding diaryl/α,β-unsaturated/α-hetero) is 1. The van der Waals surface area contributed by atoms with E-state index in [9.17, 15) is 24.9 Å². The first kappa shape index (κ1) is 21.0. The van der Waals surface area contributed by atoms with Gasteiger partial charge >= 0.3 is 5.97 Å². The molecule has 6 nitrogen and oxygen atoms in total. The number of hydrogen-bond acceptors (Lipinski definition) is 6. The molecule has 4 aliphatic carbocycles. The van der Waals surface area contributed by atoms with E-state index in [0.29, 0.717) is 44.9 Å². The Bertz CT molecular complexity index is 775. The van der Waals surface area contributed by atoms with E-state index >= 15 is 0 Å². The lowest BCUT2D eigenvalue weighted by molar-refractivity contribution is -0.299. The Hall–Kier alpha value is -1.24. The molecule has 0 aromatic rings. The van der Waals surface area contributed by atoms with E-state index in [1.165, 1.54) is 13.8 Å². The maximum absolute atomic E-state index is 12.5. The lowest BCUT2D eigenvalue weighted by Gasteiger charge is -2.66. The summed E-state index contributed by atoms with van der Waals surface area (Å²) in [6, 6.07) is 0. The molecule has 0 heterocycles. The SMILES string of the molecule is CC(=O)OC1CC2C3(C)CCC(O)CC3=CCC2(O)C2(O)CCC(C(C)=O)C12C. The Morgan fingerprint density at radius 2 is 1.83 bits per heavy atom. The molecular formula is C23H34O6. The molecule has 0 amide bonds. The van der Waals surface area contributed by atoms with Gasteiger partial charge in [-0.05, 0) is 57.3 Å². The molecule has 3 fully saturated rings. The van der Waals surface area contributed by atoms with Gasteiger partial charge in [0.1, 0.15) is 23.1 Å². The number of aliphatic hydroxyl groups is 3. The standard InChI is InChI=1S/C23H34O6/c1-13(24)17-7-10-23(28)21(17,4)19(29-14(2)25)12-18-20(3)8-6-16(26)11-15(20)5-9-22(18,23)27/h5,16-19,26-28H,6-12H2,1-4H3. The Morgan fingerprint density at radius 3 is 2.45 bits per heavy atom.